The lowest BCUT2D eigenvalue weighted by molar-refractivity contribution is -0.0761. The Kier molecular flexibility index (Phi) is 7.97. The summed E-state index contributed by atoms with van der Waals surface area (Å²) in [6.07, 6.45) is 0.611. The van der Waals surface area contributed by atoms with Crippen LogP contribution in [0.4, 0.5) is 4.79 Å². The Bertz CT molecular complexity index is 267. The molecule has 0 bridgehead atoms. The number of rotatable bonds is 10. The largest absolute Gasteiger partial charge is 0.450 e. The third kappa shape index (κ3) is 10.7. The number of amides is 1. The van der Waals surface area contributed by atoms with E-state index in [1.54, 1.807) is 0 Å². The second-order valence-corrected chi connectivity index (χ2v) is 5.67. The van der Waals surface area contributed by atoms with Crippen molar-refractivity contribution < 1.29 is 19.0 Å². The van der Waals surface area contributed by atoms with Crippen LogP contribution in [-0.2, 0) is 14.2 Å². The number of primary amides is 1. The molecule has 0 spiro atoms. The van der Waals surface area contributed by atoms with E-state index in [4.69, 9.17) is 25.7 Å². The van der Waals surface area contributed by atoms with Crippen molar-refractivity contribution in [3.63, 3.8) is 0 Å². The Labute approximate surface area is 115 Å². The van der Waals surface area contributed by atoms with Crippen LogP contribution >= 0.6 is 0 Å². The van der Waals surface area contributed by atoms with Crippen molar-refractivity contribution in [2.45, 2.75) is 51.7 Å². The third-order valence-corrected chi connectivity index (χ3v) is 2.76. The maximum Gasteiger partial charge on any atom is 0.404 e. The van der Waals surface area contributed by atoms with E-state index >= 15 is 0 Å². The summed E-state index contributed by atoms with van der Waals surface area (Å²) >= 11 is 0. The molecule has 0 aliphatic heterocycles. The van der Waals surface area contributed by atoms with Gasteiger partial charge in [-0.1, -0.05) is 0 Å². The van der Waals surface area contributed by atoms with E-state index in [-0.39, 0.29) is 17.8 Å². The molecule has 6 heteroatoms. The van der Waals surface area contributed by atoms with E-state index in [1.165, 1.54) is 0 Å². The highest BCUT2D eigenvalue weighted by atomic mass is 16.5. The fourth-order valence-corrected chi connectivity index (χ4v) is 1.45. The van der Waals surface area contributed by atoms with Crippen molar-refractivity contribution in [1.82, 2.24) is 0 Å². The first-order valence-corrected chi connectivity index (χ1v) is 6.59. The van der Waals surface area contributed by atoms with Gasteiger partial charge >= 0.3 is 6.09 Å². The van der Waals surface area contributed by atoms with Gasteiger partial charge in [0, 0.05) is 13.0 Å². The van der Waals surface area contributed by atoms with E-state index in [1.807, 2.05) is 27.7 Å². The normalized spacial score (nSPS) is 12.5. The van der Waals surface area contributed by atoms with Crippen molar-refractivity contribution in [2.75, 3.05) is 26.4 Å². The summed E-state index contributed by atoms with van der Waals surface area (Å²) in [6, 6.07) is 0. The first kappa shape index (κ1) is 18.1. The average molecular weight is 276 g/mol. The Balaban J connectivity index is 3.86. The zero-order valence-electron chi connectivity index (χ0n) is 12.5. The van der Waals surface area contributed by atoms with Crippen molar-refractivity contribution in [1.29, 1.82) is 0 Å². The Morgan fingerprint density at radius 2 is 1.42 bits per heavy atom. The monoisotopic (exact) mass is 276 g/mol. The highest BCUT2D eigenvalue weighted by molar-refractivity contribution is 5.64. The fraction of sp³-hybridized carbons (Fsp3) is 0.923. The van der Waals surface area contributed by atoms with Gasteiger partial charge in [0.1, 0.15) is 0 Å². The van der Waals surface area contributed by atoms with Gasteiger partial charge < -0.3 is 25.7 Å². The number of hydrogen-bond acceptors (Lipinski definition) is 5. The van der Waals surface area contributed by atoms with Gasteiger partial charge in [-0.05, 0) is 34.1 Å². The fourth-order valence-electron chi connectivity index (χ4n) is 1.45. The van der Waals surface area contributed by atoms with Crippen LogP contribution in [0.5, 0.6) is 0 Å². The van der Waals surface area contributed by atoms with Crippen LogP contribution in [-0.4, -0.2) is 43.7 Å². The van der Waals surface area contributed by atoms with Gasteiger partial charge in [-0.3, -0.25) is 0 Å². The van der Waals surface area contributed by atoms with Crippen LogP contribution in [0.25, 0.3) is 0 Å². The lowest BCUT2D eigenvalue weighted by Gasteiger charge is -2.29. The molecule has 19 heavy (non-hydrogen) atoms. The van der Waals surface area contributed by atoms with E-state index in [0.29, 0.717) is 26.2 Å². The zero-order valence-corrected chi connectivity index (χ0v) is 12.5. The molecule has 0 aromatic heterocycles. The molecule has 0 aliphatic rings. The highest BCUT2D eigenvalue weighted by Crippen LogP contribution is 2.19. The minimum Gasteiger partial charge on any atom is -0.450 e. The van der Waals surface area contributed by atoms with Crippen molar-refractivity contribution in [3.05, 3.63) is 0 Å². The molecule has 114 valence electrons. The van der Waals surface area contributed by atoms with Crippen LogP contribution in [0, 0.1) is 0 Å². The van der Waals surface area contributed by atoms with Crippen LogP contribution in [0.1, 0.15) is 40.5 Å². The first-order valence-electron chi connectivity index (χ1n) is 6.59. The lowest BCUT2D eigenvalue weighted by Crippen LogP contribution is -2.33. The predicted octanol–water partition coefficient (Wildman–Crippen LogP) is 1.41. The SMILES string of the molecule is CC(C)(CCOC(N)=O)OCCC(C)(C)OCCN. The molecule has 0 aliphatic carbocycles. The number of carbonyl (C=O) groups excluding carboxylic acids is 1. The maximum absolute atomic E-state index is 10.5. The molecule has 0 saturated heterocycles. The van der Waals surface area contributed by atoms with E-state index < -0.39 is 6.09 Å². The van der Waals surface area contributed by atoms with Crippen LogP contribution < -0.4 is 11.5 Å². The minimum atomic E-state index is -0.757. The quantitative estimate of drug-likeness (QED) is 0.629. The molecule has 0 rings (SSSR count). The molecule has 0 atom stereocenters. The lowest BCUT2D eigenvalue weighted by atomic mass is 10.0. The molecule has 4 N–H and O–H groups in total. The molecular formula is C13H28N2O4. The Morgan fingerprint density at radius 1 is 0.947 bits per heavy atom. The van der Waals surface area contributed by atoms with E-state index in [2.05, 4.69) is 0 Å². The first-order chi connectivity index (χ1) is 8.68. The number of hydrogen-bond donors (Lipinski definition) is 2. The van der Waals surface area contributed by atoms with Crippen molar-refractivity contribution >= 4 is 6.09 Å². The summed E-state index contributed by atoms with van der Waals surface area (Å²) in [5.74, 6) is 0. The summed E-state index contributed by atoms with van der Waals surface area (Å²) in [7, 11) is 0. The topological polar surface area (TPSA) is 96.8 Å². The minimum absolute atomic E-state index is 0.251. The molecule has 0 aromatic rings. The summed E-state index contributed by atoms with van der Waals surface area (Å²) in [5, 5.41) is 0. The van der Waals surface area contributed by atoms with E-state index in [0.717, 1.165) is 6.42 Å². The molecule has 6 nitrogen and oxygen atoms in total. The zero-order chi connectivity index (χ0) is 14.9. The van der Waals surface area contributed by atoms with Crippen LogP contribution in [0.2, 0.25) is 0 Å². The van der Waals surface area contributed by atoms with Gasteiger partial charge in [0.05, 0.1) is 31.0 Å². The third-order valence-electron chi connectivity index (χ3n) is 2.76. The maximum atomic E-state index is 10.5. The van der Waals surface area contributed by atoms with Gasteiger partial charge in [0.25, 0.3) is 0 Å². The summed E-state index contributed by atoms with van der Waals surface area (Å²) < 4.78 is 16.1. The standard InChI is InChI=1S/C13H28N2O4/c1-12(2,5-8-17-11(15)16)18-9-6-13(3,4)19-10-7-14/h5-10,14H2,1-4H3,(H2,15,16). The molecule has 0 saturated carbocycles. The average Bonchev–Trinajstić information content (AvgIpc) is 2.25. The second-order valence-electron chi connectivity index (χ2n) is 5.67. The van der Waals surface area contributed by atoms with E-state index in [9.17, 15) is 4.79 Å². The van der Waals surface area contributed by atoms with Crippen LogP contribution in [0.15, 0.2) is 0 Å². The Morgan fingerprint density at radius 3 is 1.89 bits per heavy atom. The summed E-state index contributed by atoms with van der Waals surface area (Å²) in [5.41, 5.74) is 9.69. The molecule has 0 heterocycles. The summed E-state index contributed by atoms with van der Waals surface area (Å²) in [6.45, 7) is 9.81. The number of carbonyl (C=O) groups is 1. The molecular weight excluding hydrogens is 248 g/mol. The van der Waals surface area contributed by atoms with Gasteiger partial charge in [0.15, 0.2) is 0 Å². The highest BCUT2D eigenvalue weighted by Gasteiger charge is 2.22. The van der Waals surface area contributed by atoms with Crippen molar-refractivity contribution in [3.8, 4) is 0 Å². The molecule has 0 fully saturated rings. The molecule has 0 aromatic carbocycles. The number of nitrogens with two attached hydrogens (primary N) is 2. The molecule has 1 amide bonds. The predicted molar refractivity (Wildman–Crippen MR) is 73.9 cm³/mol. The van der Waals surface area contributed by atoms with Gasteiger partial charge in [-0.15, -0.1) is 0 Å². The molecule has 0 unspecified atom stereocenters. The smallest absolute Gasteiger partial charge is 0.404 e. The van der Waals surface area contributed by atoms with Gasteiger partial charge in [0.2, 0.25) is 0 Å². The second kappa shape index (κ2) is 8.35. The number of ether oxygens (including phenoxy) is 3. The van der Waals surface area contributed by atoms with Gasteiger partial charge in [-0.25, -0.2) is 4.79 Å². The van der Waals surface area contributed by atoms with Crippen molar-refractivity contribution in [2.24, 2.45) is 11.5 Å². The Hall–Kier alpha value is -0.850. The van der Waals surface area contributed by atoms with Gasteiger partial charge in [-0.2, -0.15) is 0 Å². The van der Waals surface area contributed by atoms with Crippen LogP contribution in [0.3, 0.4) is 0 Å². The summed E-state index contributed by atoms with van der Waals surface area (Å²) in [4.78, 5) is 10.5. The molecule has 0 radical (unpaired) electrons.